The van der Waals surface area contributed by atoms with E-state index in [1.807, 2.05) is 6.92 Å². The third kappa shape index (κ3) is 6.15. The van der Waals surface area contributed by atoms with Crippen molar-refractivity contribution in [2.24, 2.45) is 0 Å². The standard InChI is InChI=1S/C20H21F2N3O3/c1-2-3-18(26)25-15-7-4-13(5-8-15)19(27)23-10-11-24-20(28)16-9-6-14(21)12-17(16)22/h4-9,12H,2-3,10-11H2,1H3,(H,23,27)(H,24,28)(H,25,26). The van der Waals surface area contributed by atoms with Crippen LogP contribution in [0.25, 0.3) is 0 Å². The maximum absolute atomic E-state index is 13.5. The van der Waals surface area contributed by atoms with Crippen LogP contribution in [0, 0.1) is 11.6 Å². The summed E-state index contributed by atoms with van der Waals surface area (Å²) in [7, 11) is 0. The van der Waals surface area contributed by atoms with E-state index in [1.54, 1.807) is 24.3 Å². The van der Waals surface area contributed by atoms with Crippen molar-refractivity contribution in [3.63, 3.8) is 0 Å². The summed E-state index contributed by atoms with van der Waals surface area (Å²) in [6, 6.07) is 9.08. The molecule has 2 rings (SSSR count). The maximum Gasteiger partial charge on any atom is 0.254 e. The van der Waals surface area contributed by atoms with E-state index in [4.69, 9.17) is 0 Å². The zero-order valence-corrected chi connectivity index (χ0v) is 15.4. The van der Waals surface area contributed by atoms with E-state index in [9.17, 15) is 23.2 Å². The molecule has 0 aliphatic carbocycles. The summed E-state index contributed by atoms with van der Waals surface area (Å²) in [5, 5.41) is 7.79. The Morgan fingerprint density at radius 2 is 1.54 bits per heavy atom. The Kier molecular flexibility index (Phi) is 7.62. The smallest absolute Gasteiger partial charge is 0.254 e. The van der Waals surface area contributed by atoms with Gasteiger partial charge in [-0.1, -0.05) is 6.92 Å². The molecule has 148 valence electrons. The van der Waals surface area contributed by atoms with Crippen LogP contribution in [-0.2, 0) is 4.79 Å². The summed E-state index contributed by atoms with van der Waals surface area (Å²) in [6.45, 7) is 2.11. The number of benzene rings is 2. The van der Waals surface area contributed by atoms with Crippen LogP contribution in [0.1, 0.15) is 40.5 Å². The van der Waals surface area contributed by atoms with E-state index >= 15 is 0 Å². The zero-order chi connectivity index (χ0) is 20.5. The lowest BCUT2D eigenvalue weighted by atomic mass is 10.2. The van der Waals surface area contributed by atoms with Crippen molar-refractivity contribution in [1.82, 2.24) is 10.6 Å². The first-order valence-electron chi connectivity index (χ1n) is 8.82. The number of carbonyl (C=O) groups is 3. The molecule has 0 saturated carbocycles. The molecule has 0 aliphatic rings. The summed E-state index contributed by atoms with van der Waals surface area (Å²) in [5.41, 5.74) is 0.724. The highest BCUT2D eigenvalue weighted by Gasteiger charge is 2.12. The number of amides is 3. The topological polar surface area (TPSA) is 87.3 Å². The number of rotatable bonds is 8. The molecule has 8 heteroatoms. The van der Waals surface area contributed by atoms with Crippen LogP contribution in [0.3, 0.4) is 0 Å². The third-order valence-corrected chi connectivity index (χ3v) is 3.78. The van der Waals surface area contributed by atoms with E-state index in [1.165, 1.54) is 0 Å². The van der Waals surface area contributed by atoms with Gasteiger partial charge >= 0.3 is 0 Å². The molecule has 2 aromatic rings. The molecule has 0 aliphatic heterocycles. The van der Waals surface area contributed by atoms with Crippen LogP contribution in [-0.4, -0.2) is 30.8 Å². The average molecular weight is 389 g/mol. The van der Waals surface area contributed by atoms with E-state index in [0.29, 0.717) is 23.7 Å². The molecule has 28 heavy (non-hydrogen) atoms. The molecule has 3 amide bonds. The maximum atomic E-state index is 13.5. The van der Waals surface area contributed by atoms with Crippen molar-refractivity contribution < 1.29 is 23.2 Å². The fourth-order valence-corrected chi connectivity index (χ4v) is 2.38. The average Bonchev–Trinajstić information content (AvgIpc) is 2.65. The fourth-order valence-electron chi connectivity index (χ4n) is 2.38. The van der Waals surface area contributed by atoms with E-state index < -0.39 is 17.5 Å². The third-order valence-electron chi connectivity index (χ3n) is 3.78. The van der Waals surface area contributed by atoms with Crippen molar-refractivity contribution in [2.75, 3.05) is 18.4 Å². The highest BCUT2D eigenvalue weighted by atomic mass is 19.1. The largest absolute Gasteiger partial charge is 0.350 e. The minimum absolute atomic E-state index is 0.0759. The van der Waals surface area contributed by atoms with Gasteiger partial charge in [0.15, 0.2) is 0 Å². The molecule has 0 atom stereocenters. The number of hydrogen-bond donors (Lipinski definition) is 3. The van der Waals surface area contributed by atoms with Crippen LogP contribution in [0.15, 0.2) is 42.5 Å². The number of anilines is 1. The predicted octanol–water partition coefficient (Wildman–Crippen LogP) is 2.86. The number of carbonyl (C=O) groups excluding carboxylic acids is 3. The minimum Gasteiger partial charge on any atom is -0.350 e. The number of halogens is 2. The fraction of sp³-hybridized carbons (Fsp3) is 0.250. The molecule has 3 N–H and O–H groups in total. The summed E-state index contributed by atoms with van der Waals surface area (Å²) >= 11 is 0. The Balaban J connectivity index is 1.77. The van der Waals surface area contributed by atoms with Crippen molar-refractivity contribution in [1.29, 1.82) is 0 Å². The first-order valence-corrected chi connectivity index (χ1v) is 8.82. The Morgan fingerprint density at radius 3 is 2.14 bits per heavy atom. The molecular formula is C20H21F2N3O3. The van der Waals surface area contributed by atoms with Gasteiger partial charge in [-0.25, -0.2) is 8.78 Å². The van der Waals surface area contributed by atoms with Crippen molar-refractivity contribution >= 4 is 23.4 Å². The molecule has 0 fully saturated rings. The van der Waals surface area contributed by atoms with Crippen LogP contribution >= 0.6 is 0 Å². The van der Waals surface area contributed by atoms with Gasteiger partial charge in [-0.3, -0.25) is 14.4 Å². The van der Waals surface area contributed by atoms with Crippen LogP contribution in [0.4, 0.5) is 14.5 Å². The molecule has 0 heterocycles. The van der Waals surface area contributed by atoms with Crippen molar-refractivity contribution in [3.05, 3.63) is 65.2 Å². The monoisotopic (exact) mass is 389 g/mol. The Morgan fingerprint density at radius 1 is 0.893 bits per heavy atom. The first-order chi connectivity index (χ1) is 13.4. The van der Waals surface area contributed by atoms with Gasteiger partial charge in [0, 0.05) is 36.8 Å². The van der Waals surface area contributed by atoms with Crippen LogP contribution < -0.4 is 16.0 Å². The second-order valence-corrected chi connectivity index (χ2v) is 6.01. The SMILES string of the molecule is CCCC(=O)Nc1ccc(C(=O)NCCNC(=O)c2ccc(F)cc2F)cc1. The zero-order valence-electron chi connectivity index (χ0n) is 15.4. The van der Waals surface area contributed by atoms with Crippen LogP contribution in [0.2, 0.25) is 0 Å². The number of hydrogen-bond acceptors (Lipinski definition) is 3. The lowest BCUT2D eigenvalue weighted by Crippen LogP contribution is -2.35. The molecule has 2 aromatic carbocycles. The second-order valence-electron chi connectivity index (χ2n) is 6.01. The van der Waals surface area contributed by atoms with E-state index in [2.05, 4.69) is 16.0 Å². The van der Waals surface area contributed by atoms with Gasteiger partial charge in [-0.15, -0.1) is 0 Å². The molecule has 6 nitrogen and oxygen atoms in total. The lowest BCUT2D eigenvalue weighted by molar-refractivity contribution is -0.116. The van der Waals surface area contributed by atoms with Gasteiger partial charge in [-0.2, -0.15) is 0 Å². The van der Waals surface area contributed by atoms with Gasteiger partial charge in [0.1, 0.15) is 11.6 Å². The van der Waals surface area contributed by atoms with E-state index in [0.717, 1.165) is 18.6 Å². The highest BCUT2D eigenvalue weighted by molar-refractivity contribution is 5.96. The minimum atomic E-state index is -0.951. The Bertz CT molecular complexity index is 854. The van der Waals surface area contributed by atoms with Gasteiger partial charge < -0.3 is 16.0 Å². The normalized spacial score (nSPS) is 10.2. The van der Waals surface area contributed by atoms with Crippen molar-refractivity contribution in [3.8, 4) is 0 Å². The summed E-state index contributed by atoms with van der Waals surface area (Å²) < 4.78 is 26.4. The molecule has 0 saturated heterocycles. The van der Waals surface area contributed by atoms with E-state index in [-0.39, 0.29) is 30.5 Å². The summed E-state index contributed by atoms with van der Waals surface area (Å²) in [4.78, 5) is 35.5. The van der Waals surface area contributed by atoms with Gasteiger partial charge in [-0.05, 0) is 42.8 Å². The van der Waals surface area contributed by atoms with Gasteiger partial charge in [0.25, 0.3) is 11.8 Å². The quantitative estimate of drug-likeness (QED) is 0.607. The molecule has 0 spiro atoms. The molecule has 0 radical (unpaired) electrons. The van der Waals surface area contributed by atoms with Gasteiger partial charge in [0.05, 0.1) is 5.56 Å². The van der Waals surface area contributed by atoms with Gasteiger partial charge in [0.2, 0.25) is 5.91 Å². The first kappa shape index (κ1) is 21.0. The second kappa shape index (κ2) is 10.1. The predicted molar refractivity (Wildman–Crippen MR) is 101 cm³/mol. The Labute approximate surface area is 161 Å². The van der Waals surface area contributed by atoms with Crippen LogP contribution in [0.5, 0.6) is 0 Å². The summed E-state index contributed by atoms with van der Waals surface area (Å²) in [6.07, 6.45) is 1.17. The summed E-state index contributed by atoms with van der Waals surface area (Å²) in [5.74, 6) is -2.86. The Hall–Kier alpha value is -3.29. The molecule has 0 unspecified atom stereocenters. The highest BCUT2D eigenvalue weighted by Crippen LogP contribution is 2.11. The molecule has 0 bridgehead atoms. The number of nitrogens with one attached hydrogen (secondary N) is 3. The van der Waals surface area contributed by atoms with Crippen molar-refractivity contribution in [2.45, 2.75) is 19.8 Å². The molecular weight excluding hydrogens is 368 g/mol. The molecule has 0 aromatic heterocycles. The lowest BCUT2D eigenvalue weighted by Gasteiger charge is -2.09.